The minimum absolute atomic E-state index is 0.0426. The summed E-state index contributed by atoms with van der Waals surface area (Å²) in [4.78, 5) is 14.3. The van der Waals surface area contributed by atoms with Crippen molar-refractivity contribution in [2.24, 2.45) is 0 Å². The van der Waals surface area contributed by atoms with Crippen molar-refractivity contribution in [2.75, 3.05) is 18.6 Å². The predicted molar refractivity (Wildman–Crippen MR) is 102 cm³/mol. The first kappa shape index (κ1) is 17.1. The van der Waals surface area contributed by atoms with E-state index in [4.69, 9.17) is 4.74 Å². The Balaban J connectivity index is 1.78. The van der Waals surface area contributed by atoms with Gasteiger partial charge in [0.1, 0.15) is 12.3 Å². The SMILES string of the molecule is CCCCOc1cccc2c1ccn2CC(=O)N(C)c1ccccc1. The maximum Gasteiger partial charge on any atom is 0.246 e. The Morgan fingerprint density at radius 1 is 1.08 bits per heavy atom. The number of hydrogen-bond acceptors (Lipinski definition) is 2. The second-order valence-corrected chi connectivity index (χ2v) is 6.12. The van der Waals surface area contributed by atoms with Crippen LogP contribution in [0.1, 0.15) is 19.8 Å². The molecule has 0 N–H and O–H groups in total. The third-order valence-electron chi connectivity index (χ3n) is 4.35. The average molecular weight is 336 g/mol. The number of benzene rings is 2. The van der Waals surface area contributed by atoms with Gasteiger partial charge in [-0.05, 0) is 36.8 Å². The number of likely N-dealkylation sites (N-methyl/N-ethyl adjacent to an activating group) is 1. The van der Waals surface area contributed by atoms with Crippen LogP contribution in [0.4, 0.5) is 5.69 Å². The molecule has 0 fully saturated rings. The summed E-state index contributed by atoms with van der Waals surface area (Å²) in [6.07, 6.45) is 4.10. The molecule has 0 saturated heterocycles. The van der Waals surface area contributed by atoms with Crippen LogP contribution in [0.15, 0.2) is 60.8 Å². The zero-order chi connectivity index (χ0) is 17.6. The van der Waals surface area contributed by atoms with Gasteiger partial charge in [0.15, 0.2) is 0 Å². The van der Waals surface area contributed by atoms with Crippen LogP contribution < -0.4 is 9.64 Å². The molecule has 2 aromatic carbocycles. The Bertz CT molecular complexity index is 839. The van der Waals surface area contributed by atoms with Crippen LogP contribution in [0.5, 0.6) is 5.75 Å². The molecule has 0 spiro atoms. The van der Waals surface area contributed by atoms with Gasteiger partial charge in [-0.15, -0.1) is 0 Å². The summed E-state index contributed by atoms with van der Waals surface area (Å²) < 4.78 is 7.86. The molecular formula is C21H24N2O2. The van der Waals surface area contributed by atoms with Gasteiger partial charge in [-0.25, -0.2) is 0 Å². The number of carbonyl (C=O) groups is 1. The third-order valence-corrected chi connectivity index (χ3v) is 4.35. The average Bonchev–Trinajstić information content (AvgIpc) is 3.06. The van der Waals surface area contributed by atoms with Crippen LogP contribution >= 0.6 is 0 Å². The molecule has 3 aromatic rings. The number of ether oxygens (including phenoxy) is 1. The summed E-state index contributed by atoms with van der Waals surface area (Å²) in [7, 11) is 1.81. The molecule has 1 heterocycles. The fourth-order valence-electron chi connectivity index (χ4n) is 2.83. The number of carbonyl (C=O) groups excluding carboxylic acids is 1. The summed E-state index contributed by atoms with van der Waals surface area (Å²) >= 11 is 0. The van der Waals surface area contributed by atoms with Crippen molar-refractivity contribution < 1.29 is 9.53 Å². The van der Waals surface area contributed by atoms with Crippen LogP contribution in [0.25, 0.3) is 10.9 Å². The van der Waals surface area contributed by atoms with Gasteiger partial charge >= 0.3 is 0 Å². The van der Waals surface area contributed by atoms with Crippen molar-refractivity contribution >= 4 is 22.5 Å². The molecule has 1 aromatic heterocycles. The Morgan fingerprint density at radius 2 is 1.88 bits per heavy atom. The van der Waals surface area contributed by atoms with E-state index < -0.39 is 0 Å². The monoisotopic (exact) mass is 336 g/mol. The molecule has 0 aliphatic heterocycles. The highest BCUT2D eigenvalue weighted by molar-refractivity contribution is 5.94. The molecule has 0 atom stereocenters. The van der Waals surface area contributed by atoms with Crippen molar-refractivity contribution in [3.05, 3.63) is 60.8 Å². The number of fused-ring (bicyclic) bond motifs is 1. The third kappa shape index (κ3) is 3.85. The van der Waals surface area contributed by atoms with E-state index in [1.54, 1.807) is 4.90 Å². The van der Waals surface area contributed by atoms with E-state index in [0.717, 1.165) is 41.8 Å². The lowest BCUT2D eigenvalue weighted by molar-refractivity contribution is -0.118. The van der Waals surface area contributed by atoms with Gasteiger partial charge in [0.25, 0.3) is 0 Å². The van der Waals surface area contributed by atoms with E-state index in [0.29, 0.717) is 6.54 Å². The minimum Gasteiger partial charge on any atom is -0.493 e. The first-order valence-electron chi connectivity index (χ1n) is 8.73. The van der Waals surface area contributed by atoms with Crippen molar-refractivity contribution in [1.82, 2.24) is 4.57 Å². The lowest BCUT2D eigenvalue weighted by Crippen LogP contribution is -2.29. The molecule has 25 heavy (non-hydrogen) atoms. The zero-order valence-corrected chi connectivity index (χ0v) is 14.8. The molecule has 0 aliphatic rings. The molecule has 0 saturated carbocycles. The number of rotatable bonds is 7. The quantitative estimate of drug-likeness (QED) is 0.596. The van der Waals surface area contributed by atoms with Crippen molar-refractivity contribution in [2.45, 2.75) is 26.3 Å². The molecule has 1 amide bonds. The molecular weight excluding hydrogens is 312 g/mol. The van der Waals surface area contributed by atoms with Gasteiger partial charge in [0, 0.05) is 24.3 Å². The number of nitrogens with zero attached hydrogens (tertiary/aromatic N) is 2. The number of aromatic nitrogens is 1. The molecule has 0 bridgehead atoms. The smallest absolute Gasteiger partial charge is 0.246 e. The Hall–Kier alpha value is -2.75. The van der Waals surface area contributed by atoms with Gasteiger partial charge in [0.05, 0.1) is 12.1 Å². The highest BCUT2D eigenvalue weighted by atomic mass is 16.5. The number of hydrogen-bond donors (Lipinski definition) is 0. The largest absolute Gasteiger partial charge is 0.493 e. The van der Waals surface area contributed by atoms with E-state index in [1.165, 1.54) is 0 Å². The number of anilines is 1. The Kier molecular flexibility index (Phi) is 5.39. The van der Waals surface area contributed by atoms with E-state index in [9.17, 15) is 4.79 Å². The molecule has 130 valence electrons. The summed E-state index contributed by atoms with van der Waals surface area (Å²) in [6.45, 7) is 3.17. The zero-order valence-electron chi connectivity index (χ0n) is 14.8. The van der Waals surface area contributed by atoms with Crippen LogP contribution in [0.2, 0.25) is 0 Å². The van der Waals surface area contributed by atoms with Gasteiger partial charge in [-0.1, -0.05) is 37.6 Å². The van der Waals surface area contributed by atoms with Gasteiger partial charge < -0.3 is 14.2 Å². The lowest BCUT2D eigenvalue weighted by Gasteiger charge is -2.18. The van der Waals surface area contributed by atoms with Crippen molar-refractivity contribution in [1.29, 1.82) is 0 Å². The van der Waals surface area contributed by atoms with E-state index in [2.05, 4.69) is 6.92 Å². The number of para-hydroxylation sites is 1. The fraction of sp³-hybridized carbons (Fsp3) is 0.286. The van der Waals surface area contributed by atoms with Gasteiger partial charge in [0.2, 0.25) is 5.91 Å². The first-order valence-corrected chi connectivity index (χ1v) is 8.73. The van der Waals surface area contributed by atoms with Crippen LogP contribution in [-0.2, 0) is 11.3 Å². The normalized spacial score (nSPS) is 10.8. The molecule has 0 aliphatic carbocycles. The van der Waals surface area contributed by atoms with Crippen LogP contribution in [-0.4, -0.2) is 24.1 Å². The van der Waals surface area contributed by atoms with Crippen molar-refractivity contribution in [3.63, 3.8) is 0 Å². The summed E-state index contributed by atoms with van der Waals surface area (Å²) in [5, 5.41) is 1.05. The van der Waals surface area contributed by atoms with Gasteiger partial charge in [-0.3, -0.25) is 4.79 Å². The summed E-state index contributed by atoms with van der Waals surface area (Å²) in [5.74, 6) is 0.926. The van der Waals surface area contributed by atoms with E-state index >= 15 is 0 Å². The molecule has 4 nitrogen and oxygen atoms in total. The van der Waals surface area contributed by atoms with Gasteiger partial charge in [-0.2, -0.15) is 0 Å². The summed E-state index contributed by atoms with van der Waals surface area (Å²) in [5.41, 5.74) is 1.91. The second kappa shape index (κ2) is 7.88. The number of amides is 1. The Morgan fingerprint density at radius 3 is 2.64 bits per heavy atom. The van der Waals surface area contributed by atoms with Crippen LogP contribution in [0, 0.1) is 0 Å². The first-order chi connectivity index (χ1) is 12.2. The minimum atomic E-state index is 0.0426. The van der Waals surface area contributed by atoms with Crippen molar-refractivity contribution in [3.8, 4) is 5.75 Å². The number of unbranched alkanes of at least 4 members (excludes halogenated alkanes) is 1. The standard InChI is InChI=1S/C21H24N2O2/c1-3-4-15-25-20-12-8-11-19-18(20)13-14-23(19)16-21(24)22(2)17-9-6-5-7-10-17/h5-14H,3-4,15-16H2,1-2H3. The highest BCUT2D eigenvalue weighted by Gasteiger charge is 2.13. The van der Waals surface area contributed by atoms with E-state index in [-0.39, 0.29) is 5.91 Å². The van der Waals surface area contributed by atoms with Crippen LogP contribution in [0.3, 0.4) is 0 Å². The topological polar surface area (TPSA) is 34.5 Å². The maximum atomic E-state index is 12.6. The predicted octanol–water partition coefficient (Wildman–Crippen LogP) is 4.48. The fourth-order valence-corrected chi connectivity index (χ4v) is 2.83. The van der Waals surface area contributed by atoms with E-state index in [1.807, 2.05) is 72.4 Å². The Labute approximate surface area is 148 Å². The molecule has 0 radical (unpaired) electrons. The molecule has 3 rings (SSSR count). The molecule has 0 unspecified atom stereocenters. The molecule has 4 heteroatoms. The second-order valence-electron chi connectivity index (χ2n) is 6.12. The summed E-state index contributed by atoms with van der Waals surface area (Å²) in [6, 6.07) is 17.7. The maximum absolute atomic E-state index is 12.6. The highest BCUT2D eigenvalue weighted by Crippen LogP contribution is 2.27. The lowest BCUT2D eigenvalue weighted by atomic mass is 10.2.